The standard InChI is InChI=1S/C26H33ClN4O2/c1-6-26(25(32)33-7-2)13-8-14-30(16-26)24-23(17(3)4)18(5)28-22-15-21(29-31(22)24)19-9-11-20(27)12-10-19/h9-12,15,17H,6-8,13-14,16H2,1-5H3/t26-/m0/s1. The zero-order chi connectivity index (χ0) is 23.8. The number of halogens is 1. The number of nitrogens with zero attached hydrogens (tertiary/aromatic N) is 4. The Labute approximate surface area is 200 Å². The van der Waals surface area contributed by atoms with Crippen molar-refractivity contribution < 1.29 is 9.53 Å². The van der Waals surface area contributed by atoms with Crippen LogP contribution in [0.25, 0.3) is 16.9 Å². The van der Waals surface area contributed by atoms with E-state index in [1.54, 1.807) is 0 Å². The van der Waals surface area contributed by atoms with E-state index in [1.807, 2.05) is 41.8 Å². The van der Waals surface area contributed by atoms with Gasteiger partial charge in [0, 0.05) is 41.0 Å². The van der Waals surface area contributed by atoms with Gasteiger partial charge in [-0.25, -0.2) is 4.98 Å². The molecule has 0 bridgehead atoms. The van der Waals surface area contributed by atoms with Crippen molar-refractivity contribution in [3.8, 4) is 11.3 Å². The first-order valence-corrected chi connectivity index (χ1v) is 12.3. The van der Waals surface area contributed by atoms with Crippen molar-refractivity contribution in [1.29, 1.82) is 0 Å². The number of carbonyl (C=O) groups excluding carboxylic acids is 1. The van der Waals surface area contributed by atoms with Crippen molar-refractivity contribution in [2.75, 3.05) is 24.6 Å². The number of carbonyl (C=O) groups is 1. The number of hydrogen-bond acceptors (Lipinski definition) is 5. The molecular formula is C26H33ClN4O2. The maximum absolute atomic E-state index is 13.0. The Hall–Kier alpha value is -2.60. The van der Waals surface area contributed by atoms with Gasteiger partial charge in [0.1, 0.15) is 5.82 Å². The summed E-state index contributed by atoms with van der Waals surface area (Å²) in [5.74, 6) is 1.21. The van der Waals surface area contributed by atoms with E-state index in [0.29, 0.717) is 18.2 Å². The summed E-state index contributed by atoms with van der Waals surface area (Å²) >= 11 is 6.09. The molecule has 1 saturated heterocycles. The monoisotopic (exact) mass is 468 g/mol. The van der Waals surface area contributed by atoms with E-state index < -0.39 is 5.41 Å². The zero-order valence-electron chi connectivity index (χ0n) is 20.2. The second-order valence-corrected chi connectivity index (χ2v) is 9.71. The van der Waals surface area contributed by atoms with Gasteiger partial charge in [-0.2, -0.15) is 9.61 Å². The third-order valence-electron chi connectivity index (χ3n) is 6.78. The quantitative estimate of drug-likeness (QED) is 0.412. The van der Waals surface area contributed by atoms with E-state index in [-0.39, 0.29) is 11.9 Å². The van der Waals surface area contributed by atoms with Gasteiger partial charge in [-0.1, -0.05) is 44.5 Å². The molecule has 0 N–H and O–H groups in total. The molecule has 2 aromatic heterocycles. The third-order valence-corrected chi connectivity index (χ3v) is 7.04. The van der Waals surface area contributed by atoms with Crippen LogP contribution in [0.4, 0.5) is 5.82 Å². The number of benzene rings is 1. The van der Waals surface area contributed by atoms with Crippen LogP contribution in [0.2, 0.25) is 5.02 Å². The Balaban J connectivity index is 1.86. The number of aryl methyl sites for hydroxylation is 1. The molecule has 4 rings (SSSR count). The molecule has 176 valence electrons. The molecule has 3 heterocycles. The van der Waals surface area contributed by atoms with Gasteiger partial charge in [0.2, 0.25) is 0 Å². The number of hydrogen-bond donors (Lipinski definition) is 0. The van der Waals surface area contributed by atoms with Gasteiger partial charge in [-0.15, -0.1) is 0 Å². The highest BCUT2D eigenvalue weighted by Gasteiger charge is 2.43. The van der Waals surface area contributed by atoms with E-state index in [9.17, 15) is 4.79 Å². The number of aromatic nitrogens is 3. The molecule has 1 fully saturated rings. The lowest BCUT2D eigenvalue weighted by Crippen LogP contribution is -2.49. The minimum atomic E-state index is -0.502. The molecule has 0 unspecified atom stereocenters. The first kappa shape index (κ1) is 23.6. The Kier molecular flexibility index (Phi) is 6.66. The van der Waals surface area contributed by atoms with Gasteiger partial charge < -0.3 is 9.64 Å². The summed E-state index contributed by atoms with van der Waals surface area (Å²) in [6.07, 6.45) is 2.53. The Morgan fingerprint density at radius 3 is 2.61 bits per heavy atom. The maximum atomic E-state index is 13.0. The van der Waals surface area contributed by atoms with Crippen LogP contribution >= 0.6 is 11.6 Å². The minimum Gasteiger partial charge on any atom is -0.466 e. The van der Waals surface area contributed by atoms with Gasteiger partial charge in [-0.3, -0.25) is 4.79 Å². The summed E-state index contributed by atoms with van der Waals surface area (Å²) < 4.78 is 7.47. The predicted molar refractivity (Wildman–Crippen MR) is 133 cm³/mol. The van der Waals surface area contributed by atoms with Crippen LogP contribution in [0.15, 0.2) is 30.3 Å². The minimum absolute atomic E-state index is 0.0902. The van der Waals surface area contributed by atoms with Crippen molar-refractivity contribution in [1.82, 2.24) is 14.6 Å². The zero-order valence-corrected chi connectivity index (χ0v) is 20.9. The highest BCUT2D eigenvalue weighted by atomic mass is 35.5. The van der Waals surface area contributed by atoms with E-state index >= 15 is 0 Å². The number of anilines is 1. The van der Waals surface area contributed by atoms with Crippen LogP contribution in [0, 0.1) is 12.3 Å². The molecule has 1 aliphatic heterocycles. The molecule has 1 atom stereocenters. The molecule has 0 amide bonds. The third kappa shape index (κ3) is 4.33. The average Bonchev–Trinajstić information content (AvgIpc) is 3.22. The molecule has 6 nitrogen and oxygen atoms in total. The van der Waals surface area contributed by atoms with E-state index in [0.717, 1.165) is 54.2 Å². The SMILES string of the molecule is CCOC(=O)[C@@]1(CC)CCCN(c2c(C(C)C)c(C)nc3cc(-c4ccc(Cl)cc4)nn23)C1. The summed E-state index contributed by atoms with van der Waals surface area (Å²) in [6, 6.07) is 9.72. The van der Waals surface area contributed by atoms with Gasteiger partial charge in [0.05, 0.1) is 17.7 Å². The lowest BCUT2D eigenvalue weighted by molar-refractivity contribution is -0.156. The molecule has 0 saturated carbocycles. The van der Waals surface area contributed by atoms with Crippen LogP contribution in [0.3, 0.4) is 0 Å². The lowest BCUT2D eigenvalue weighted by Gasteiger charge is -2.42. The molecule has 1 aromatic carbocycles. The number of esters is 1. The number of ether oxygens (including phenoxy) is 1. The molecule has 1 aliphatic rings. The molecule has 7 heteroatoms. The highest BCUT2D eigenvalue weighted by molar-refractivity contribution is 6.30. The topological polar surface area (TPSA) is 59.7 Å². The second-order valence-electron chi connectivity index (χ2n) is 9.28. The summed E-state index contributed by atoms with van der Waals surface area (Å²) in [6.45, 7) is 12.3. The first-order valence-electron chi connectivity index (χ1n) is 11.9. The molecule has 3 aromatic rings. The molecule has 0 spiro atoms. The smallest absolute Gasteiger partial charge is 0.313 e. The fourth-order valence-electron chi connectivity index (χ4n) is 5.05. The fourth-order valence-corrected chi connectivity index (χ4v) is 5.18. The lowest BCUT2D eigenvalue weighted by atomic mass is 9.77. The summed E-state index contributed by atoms with van der Waals surface area (Å²) in [5, 5.41) is 5.68. The Morgan fingerprint density at radius 2 is 1.97 bits per heavy atom. The van der Waals surface area contributed by atoms with Gasteiger partial charge in [0.15, 0.2) is 5.65 Å². The Bertz CT molecular complexity index is 1160. The molecule has 0 radical (unpaired) electrons. The second kappa shape index (κ2) is 9.34. The van der Waals surface area contributed by atoms with Gasteiger partial charge in [0.25, 0.3) is 0 Å². The summed E-state index contributed by atoms with van der Waals surface area (Å²) in [4.78, 5) is 20.2. The van der Waals surface area contributed by atoms with Gasteiger partial charge in [-0.05, 0) is 51.2 Å². The van der Waals surface area contributed by atoms with Crippen LogP contribution in [0.5, 0.6) is 0 Å². The van der Waals surface area contributed by atoms with Gasteiger partial charge >= 0.3 is 5.97 Å². The van der Waals surface area contributed by atoms with Crippen LogP contribution < -0.4 is 4.90 Å². The molecule has 0 aliphatic carbocycles. The van der Waals surface area contributed by atoms with Crippen LogP contribution in [-0.4, -0.2) is 40.3 Å². The summed E-state index contributed by atoms with van der Waals surface area (Å²) in [5.41, 5.74) is 4.32. The van der Waals surface area contributed by atoms with Crippen molar-refractivity contribution >= 4 is 29.0 Å². The van der Waals surface area contributed by atoms with Crippen molar-refractivity contribution in [3.63, 3.8) is 0 Å². The number of rotatable bonds is 6. The van der Waals surface area contributed by atoms with E-state index in [2.05, 4.69) is 32.6 Å². The fraction of sp³-hybridized carbons (Fsp3) is 0.500. The normalized spacial score (nSPS) is 18.8. The maximum Gasteiger partial charge on any atom is 0.313 e. The summed E-state index contributed by atoms with van der Waals surface area (Å²) in [7, 11) is 0. The van der Waals surface area contributed by atoms with E-state index in [1.165, 1.54) is 5.56 Å². The Morgan fingerprint density at radius 1 is 1.24 bits per heavy atom. The first-order chi connectivity index (χ1) is 15.8. The van der Waals surface area contributed by atoms with Crippen molar-refractivity contribution in [2.24, 2.45) is 5.41 Å². The van der Waals surface area contributed by atoms with Crippen molar-refractivity contribution in [2.45, 2.75) is 59.8 Å². The highest BCUT2D eigenvalue weighted by Crippen LogP contribution is 2.40. The van der Waals surface area contributed by atoms with Crippen LogP contribution in [-0.2, 0) is 9.53 Å². The molecular weight excluding hydrogens is 436 g/mol. The average molecular weight is 469 g/mol. The van der Waals surface area contributed by atoms with E-state index in [4.69, 9.17) is 26.4 Å². The number of piperidine rings is 1. The predicted octanol–water partition coefficient (Wildman–Crippen LogP) is 6.04. The largest absolute Gasteiger partial charge is 0.466 e. The van der Waals surface area contributed by atoms with Crippen molar-refractivity contribution in [3.05, 3.63) is 46.6 Å². The van der Waals surface area contributed by atoms with Crippen LogP contribution in [0.1, 0.15) is 64.1 Å². The molecule has 33 heavy (non-hydrogen) atoms. The number of fused-ring (bicyclic) bond motifs is 1.